The molecule has 1 aliphatic rings. The molecule has 0 unspecified atom stereocenters. The summed E-state index contributed by atoms with van der Waals surface area (Å²) in [5, 5.41) is 0. The predicted octanol–water partition coefficient (Wildman–Crippen LogP) is 0.261. The molecule has 1 fully saturated rings. The van der Waals surface area contributed by atoms with E-state index in [9.17, 15) is 16.8 Å². The van der Waals surface area contributed by atoms with Crippen molar-refractivity contribution in [3.63, 3.8) is 0 Å². The summed E-state index contributed by atoms with van der Waals surface area (Å²) in [7, 11) is -6.80. The second-order valence-electron chi connectivity index (χ2n) is 4.88. The fourth-order valence-corrected chi connectivity index (χ4v) is 4.52. The SMILES string of the molecule is Cc1cccc(S(=O)(=O)N2CCN(S(C)(=O)=O)CC2)c1. The van der Waals surface area contributed by atoms with E-state index in [4.69, 9.17) is 0 Å². The van der Waals surface area contributed by atoms with Gasteiger partial charge in [-0.3, -0.25) is 0 Å². The van der Waals surface area contributed by atoms with Crippen molar-refractivity contribution in [2.45, 2.75) is 11.8 Å². The van der Waals surface area contributed by atoms with Crippen LogP contribution >= 0.6 is 0 Å². The summed E-state index contributed by atoms with van der Waals surface area (Å²) < 4.78 is 50.4. The highest BCUT2D eigenvalue weighted by atomic mass is 32.2. The topological polar surface area (TPSA) is 74.8 Å². The molecule has 1 aromatic carbocycles. The van der Waals surface area contributed by atoms with E-state index in [-0.39, 0.29) is 31.1 Å². The lowest BCUT2D eigenvalue weighted by molar-refractivity contribution is 0.274. The summed E-state index contributed by atoms with van der Waals surface area (Å²) in [5.41, 5.74) is 0.876. The van der Waals surface area contributed by atoms with Crippen molar-refractivity contribution >= 4 is 20.0 Å². The molecule has 0 radical (unpaired) electrons. The Hall–Kier alpha value is -0.960. The molecular formula is C12H18N2O4S2. The van der Waals surface area contributed by atoms with Gasteiger partial charge in [0.2, 0.25) is 20.0 Å². The van der Waals surface area contributed by atoms with Crippen LogP contribution < -0.4 is 0 Å². The Bertz CT molecular complexity index is 690. The molecule has 0 atom stereocenters. The van der Waals surface area contributed by atoms with Crippen LogP contribution in [0.5, 0.6) is 0 Å². The molecule has 0 amide bonds. The van der Waals surface area contributed by atoms with E-state index in [0.717, 1.165) is 11.8 Å². The number of hydrogen-bond acceptors (Lipinski definition) is 4. The minimum Gasteiger partial charge on any atom is -0.213 e. The van der Waals surface area contributed by atoms with Gasteiger partial charge in [-0.1, -0.05) is 12.1 Å². The molecule has 0 aliphatic carbocycles. The first-order chi connectivity index (χ1) is 9.21. The largest absolute Gasteiger partial charge is 0.243 e. The summed E-state index contributed by atoms with van der Waals surface area (Å²) in [6.07, 6.45) is 1.14. The number of hydrogen-bond donors (Lipinski definition) is 0. The van der Waals surface area contributed by atoms with Crippen LogP contribution in [-0.4, -0.2) is 57.9 Å². The fraction of sp³-hybridized carbons (Fsp3) is 0.500. The van der Waals surface area contributed by atoms with Crippen LogP contribution in [0.15, 0.2) is 29.2 Å². The van der Waals surface area contributed by atoms with Crippen molar-refractivity contribution < 1.29 is 16.8 Å². The molecule has 0 aromatic heterocycles. The average Bonchev–Trinajstić information content (AvgIpc) is 2.38. The van der Waals surface area contributed by atoms with Gasteiger partial charge >= 0.3 is 0 Å². The van der Waals surface area contributed by atoms with Crippen LogP contribution in [0.3, 0.4) is 0 Å². The Morgan fingerprint density at radius 1 is 0.950 bits per heavy atom. The van der Waals surface area contributed by atoms with E-state index >= 15 is 0 Å². The zero-order valence-electron chi connectivity index (χ0n) is 11.5. The van der Waals surface area contributed by atoms with E-state index in [1.807, 2.05) is 13.0 Å². The van der Waals surface area contributed by atoms with Gasteiger partial charge in [0.1, 0.15) is 0 Å². The molecule has 0 bridgehead atoms. The van der Waals surface area contributed by atoms with Gasteiger partial charge in [0.05, 0.1) is 11.2 Å². The Balaban J connectivity index is 2.18. The maximum absolute atomic E-state index is 12.5. The van der Waals surface area contributed by atoms with E-state index < -0.39 is 20.0 Å². The molecule has 2 rings (SSSR count). The summed E-state index contributed by atoms with van der Waals surface area (Å²) >= 11 is 0. The second-order valence-corrected chi connectivity index (χ2v) is 8.80. The normalized spacial score (nSPS) is 19.1. The Morgan fingerprint density at radius 2 is 1.50 bits per heavy atom. The number of piperazine rings is 1. The monoisotopic (exact) mass is 318 g/mol. The smallest absolute Gasteiger partial charge is 0.213 e. The zero-order chi connectivity index (χ0) is 15.0. The van der Waals surface area contributed by atoms with Gasteiger partial charge in [-0.05, 0) is 24.6 Å². The third kappa shape index (κ3) is 3.20. The third-order valence-electron chi connectivity index (χ3n) is 3.29. The van der Waals surface area contributed by atoms with Gasteiger partial charge in [0, 0.05) is 26.2 Å². The van der Waals surface area contributed by atoms with Crippen LogP contribution in [0.2, 0.25) is 0 Å². The highest BCUT2D eigenvalue weighted by Gasteiger charge is 2.31. The van der Waals surface area contributed by atoms with Gasteiger partial charge in [-0.2, -0.15) is 8.61 Å². The Labute approximate surface area is 120 Å². The lowest BCUT2D eigenvalue weighted by Crippen LogP contribution is -2.50. The molecule has 1 heterocycles. The number of nitrogens with zero attached hydrogens (tertiary/aromatic N) is 2. The molecule has 8 heteroatoms. The molecule has 0 N–H and O–H groups in total. The first-order valence-electron chi connectivity index (χ1n) is 6.23. The van der Waals surface area contributed by atoms with Crippen molar-refractivity contribution in [3.8, 4) is 0 Å². The van der Waals surface area contributed by atoms with Crippen molar-refractivity contribution in [2.75, 3.05) is 32.4 Å². The predicted molar refractivity (Wildman–Crippen MR) is 76.4 cm³/mol. The Kier molecular flexibility index (Phi) is 4.19. The number of benzene rings is 1. The van der Waals surface area contributed by atoms with Gasteiger partial charge in [0.25, 0.3) is 0 Å². The fourth-order valence-electron chi connectivity index (χ4n) is 2.17. The third-order valence-corrected chi connectivity index (χ3v) is 6.49. The van der Waals surface area contributed by atoms with Gasteiger partial charge in [0.15, 0.2) is 0 Å². The second kappa shape index (κ2) is 5.44. The first-order valence-corrected chi connectivity index (χ1v) is 9.52. The highest BCUT2D eigenvalue weighted by Crippen LogP contribution is 2.19. The van der Waals surface area contributed by atoms with Crippen molar-refractivity contribution in [1.29, 1.82) is 0 Å². The van der Waals surface area contributed by atoms with Gasteiger partial charge in [-0.25, -0.2) is 16.8 Å². The summed E-state index contributed by atoms with van der Waals surface area (Å²) in [6, 6.07) is 6.72. The molecule has 1 aliphatic heterocycles. The van der Waals surface area contributed by atoms with E-state index in [2.05, 4.69) is 0 Å². The van der Waals surface area contributed by atoms with Crippen LogP contribution in [0.1, 0.15) is 5.56 Å². The van der Waals surface area contributed by atoms with Crippen molar-refractivity contribution in [1.82, 2.24) is 8.61 Å². The molecule has 0 spiro atoms. The molecular weight excluding hydrogens is 300 g/mol. The summed E-state index contributed by atoms with van der Waals surface area (Å²) in [6.45, 7) is 2.60. The first kappa shape index (κ1) is 15.4. The van der Waals surface area contributed by atoms with Crippen molar-refractivity contribution in [2.24, 2.45) is 0 Å². The number of rotatable bonds is 3. The van der Waals surface area contributed by atoms with Gasteiger partial charge < -0.3 is 0 Å². The van der Waals surface area contributed by atoms with Crippen molar-refractivity contribution in [3.05, 3.63) is 29.8 Å². The van der Waals surface area contributed by atoms with Crippen LogP contribution in [-0.2, 0) is 20.0 Å². The minimum atomic E-state index is -3.54. The highest BCUT2D eigenvalue weighted by molar-refractivity contribution is 7.89. The molecule has 1 saturated heterocycles. The standard InChI is InChI=1S/C12H18N2O4S2/c1-11-4-3-5-12(10-11)20(17,18)14-8-6-13(7-9-14)19(2,15)16/h3-5,10H,6-9H2,1-2H3. The van der Waals surface area contributed by atoms with Crippen LogP contribution in [0, 0.1) is 6.92 Å². The van der Waals surface area contributed by atoms with E-state index in [1.165, 1.54) is 8.61 Å². The number of aryl methyl sites for hydroxylation is 1. The van der Waals surface area contributed by atoms with Crippen LogP contribution in [0.4, 0.5) is 0 Å². The van der Waals surface area contributed by atoms with E-state index in [0.29, 0.717) is 0 Å². The molecule has 1 aromatic rings. The minimum absolute atomic E-state index is 0.184. The maximum atomic E-state index is 12.5. The zero-order valence-corrected chi connectivity index (χ0v) is 13.1. The lowest BCUT2D eigenvalue weighted by atomic mass is 10.2. The molecule has 20 heavy (non-hydrogen) atoms. The van der Waals surface area contributed by atoms with Crippen LogP contribution in [0.25, 0.3) is 0 Å². The maximum Gasteiger partial charge on any atom is 0.243 e. The molecule has 112 valence electrons. The average molecular weight is 318 g/mol. The quantitative estimate of drug-likeness (QED) is 0.801. The number of sulfonamides is 2. The molecule has 0 saturated carbocycles. The molecule has 6 nitrogen and oxygen atoms in total. The lowest BCUT2D eigenvalue weighted by Gasteiger charge is -2.32. The summed E-state index contributed by atoms with van der Waals surface area (Å²) in [5.74, 6) is 0. The Morgan fingerprint density at radius 3 is 2.00 bits per heavy atom. The summed E-state index contributed by atoms with van der Waals surface area (Å²) in [4.78, 5) is 0.255. The van der Waals surface area contributed by atoms with Gasteiger partial charge in [-0.15, -0.1) is 0 Å². The van der Waals surface area contributed by atoms with E-state index in [1.54, 1.807) is 18.2 Å².